The smallest absolute Gasteiger partial charge is 0.276 e. The molecule has 2 saturated heterocycles. The van der Waals surface area contributed by atoms with E-state index in [2.05, 4.69) is 27.1 Å². The van der Waals surface area contributed by atoms with Gasteiger partial charge in [0.15, 0.2) is 5.82 Å². The topological polar surface area (TPSA) is 75.4 Å². The summed E-state index contributed by atoms with van der Waals surface area (Å²) in [5.74, 6) is 1.36. The van der Waals surface area contributed by atoms with Gasteiger partial charge in [0, 0.05) is 31.2 Å². The normalized spacial score (nSPS) is 21.2. The summed E-state index contributed by atoms with van der Waals surface area (Å²) in [5, 5.41) is 8.26. The van der Waals surface area contributed by atoms with Crippen molar-refractivity contribution in [2.24, 2.45) is 5.41 Å². The van der Waals surface area contributed by atoms with E-state index in [-0.39, 0.29) is 17.4 Å². The van der Waals surface area contributed by atoms with E-state index < -0.39 is 0 Å². The molecule has 28 heavy (non-hydrogen) atoms. The van der Waals surface area contributed by atoms with Gasteiger partial charge in [0.05, 0.1) is 12.5 Å². The van der Waals surface area contributed by atoms with Crippen LogP contribution in [0.3, 0.4) is 0 Å². The van der Waals surface area contributed by atoms with Gasteiger partial charge in [-0.1, -0.05) is 11.2 Å². The van der Waals surface area contributed by atoms with E-state index in [1.165, 1.54) is 0 Å². The maximum Gasteiger partial charge on any atom is 0.276 e. The number of likely N-dealkylation sites (tertiary alicyclic amines) is 2. The van der Waals surface area contributed by atoms with Crippen molar-refractivity contribution in [1.29, 1.82) is 0 Å². The Balaban J connectivity index is 1.24. The molecule has 1 unspecified atom stereocenters. The van der Waals surface area contributed by atoms with Crippen molar-refractivity contribution < 1.29 is 9.32 Å². The van der Waals surface area contributed by atoms with Crippen molar-refractivity contribution in [2.45, 2.75) is 18.9 Å². The van der Waals surface area contributed by atoms with Crippen LogP contribution < -0.4 is 0 Å². The average Bonchev–Trinajstić information content (AvgIpc) is 3.40. The molecule has 5 heterocycles. The Morgan fingerprint density at radius 2 is 2.21 bits per heavy atom. The maximum atomic E-state index is 12.5. The van der Waals surface area contributed by atoms with E-state index in [0.29, 0.717) is 23.8 Å². The molecule has 1 spiro atoms. The summed E-state index contributed by atoms with van der Waals surface area (Å²) in [6.45, 7) is 2.55. The number of amides is 1. The maximum absolute atomic E-state index is 12.5. The van der Waals surface area contributed by atoms with Crippen molar-refractivity contribution in [3.05, 3.63) is 52.6 Å². The van der Waals surface area contributed by atoms with Gasteiger partial charge < -0.3 is 9.42 Å². The highest BCUT2D eigenvalue weighted by molar-refractivity contribution is 7.08. The van der Waals surface area contributed by atoms with Crippen LogP contribution in [0.1, 0.15) is 23.9 Å². The van der Waals surface area contributed by atoms with Gasteiger partial charge in [-0.2, -0.15) is 16.3 Å². The predicted molar refractivity (Wildman–Crippen MR) is 105 cm³/mol. The van der Waals surface area contributed by atoms with Crippen molar-refractivity contribution in [2.75, 3.05) is 26.7 Å². The summed E-state index contributed by atoms with van der Waals surface area (Å²) in [6, 6.07) is 7.75. The second kappa shape index (κ2) is 6.79. The molecule has 8 heteroatoms. The fourth-order valence-electron chi connectivity index (χ4n) is 4.37. The molecular weight excluding hydrogens is 374 g/mol. The Morgan fingerprint density at radius 3 is 2.96 bits per heavy atom. The highest BCUT2D eigenvalue weighted by Gasteiger charge is 2.52. The van der Waals surface area contributed by atoms with Gasteiger partial charge in [-0.25, -0.2) is 0 Å². The Morgan fingerprint density at radius 1 is 1.32 bits per heavy atom. The second-order valence-electron chi connectivity index (χ2n) is 7.87. The fourth-order valence-corrected chi connectivity index (χ4v) is 5.04. The standard InChI is InChI=1S/C20H21N5O2S/c1-24-11-20(12-25(13-20)17(26)8-14-5-7-28-10-14)9-16(24)18-22-19(27-23-18)15-4-2-3-6-21-15/h2-7,10,16H,8-9,11-13H2,1H3. The van der Waals surface area contributed by atoms with Crippen LogP contribution in [-0.4, -0.2) is 57.5 Å². The van der Waals surface area contributed by atoms with E-state index >= 15 is 0 Å². The van der Waals surface area contributed by atoms with Gasteiger partial charge in [-0.05, 0) is 48.0 Å². The summed E-state index contributed by atoms with van der Waals surface area (Å²) in [5.41, 5.74) is 1.92. The molecule has 7 nitrogen and oxygen atoms in total. The minimum Gasteiger partial charge on any atom is -0.341 e. The zero-order valence-corrected chi connectivity index (χ0v) is 16.4. The number of hydrogen-bond donors (Lipinski definition) is 0. The number of aromatic nitrogens is 3. The number of rotatable bonds is 4. The molecule has 0 saturated carbocycles. The second-order valence-corrected chi connectivity index (χ2v) is 8.65. The van der Waals surface area contributed by atoms with Gasteiger partial charge in [-0.15, -0.1) is 0 Å². The first-order chi connectivity index (χ1) is 13.6. The SMILES string of the molecule is CN1CC2(CC1c1noc(-c3ccccn3)n1)CN(C(=O)Cc1ccsc1)C2. The minimum absolute atomic E-state index is 0.107. The Hall–Kier alpha value is -2.58. The monoisotopic (exact) mass is 395 g/mol. The summed E-state index contributed by atoms with van der Waals surface area (Å²) >= 11 is 1.63. The van der Waals surface area contributed by atoms with E-state index in [9.17, 15) is 4.79 Å². The Kier molecular flexibility index (Phi) is 4.25. The lowest BCUT2D eigenvalue weighted by atomic mass is 9.77. The molecule has 1 atom stereocenters. The Labute approximate surface area is 167 Å². The fraction of sp³-hybridized carbons (Fsp3) is 0.400. The minimum atomic E-state index is 0.107. The van der Waals surface area contributed by atoms with Gasteiger partial charge in [0.1, 0.15) is 5.69 Å². The number of pyridine rings is 1. The molecule has 0 aromatic carbocycles. The van der Waals surface area contributed by atoms with Crippen LogP contribution >= 0.6 is 11.3 Å². The highest BCUT2D eigenvalue weighted by atomic mass is 32.1. The zero-order valence-electron chi connectivity index (χ0n) is 15.6. The van der Waals surface area contributed by atoms with Gasteiger partial charge in [-0.3, -0.25) is 14.7 Å². The van der Waals surface area contributed by atoms with Gasteiger partial charge >= 0.3 is 0 Å². The first-order valence-electron chi connectivity index (χ1n) is 9.36. The largest absolute Gasteiger partial charge is 0.341 e. The first kappa shape index (κ1) is 17.5. The molecule has 2 fully saturated rings. The van der Waals surface area contributed by atoms with Crippen LogP contribution in [0, 0.1) is 5.41 Å². The van der Waals surface area contributed by atoms with E-state index in [4.69, 9.17) is 4.52 Å². The molecule has 3 aromatic rings. The van der Waals surface area contributed by atoms with Crippen molar-refractivity contribution in [1.82, 2.24) is 24.9 Å². The molecule has 144 valence electrons. The highest BCUT2D eigenvalue weighted by Crippen LogP contribution is 2.47. The number of nitrogens with zero attached hydrogens (tertiary/aromatic N) is 5. The van der Waals surface area contributed by atoms with Crippen molar-refractivity contribution in [3.8, 4) is 11.6 Å². The molecule has 0 aliphatic carbocycles. The summed E-state index contributed by atoms with van der Waals surface area (Å²) < 4.78 is 5.44. The van der Waals surface area contributed by atoms with Crippen molar-refractivity contribution >= 4 is 17.2 Å². The number of hydrogen-bond acceptors (Lipinski definition) is 7. The van der Waals surface area contributed by atoms with Crippen LogP contribution in [0.25, 0.3) is 11.6 Å². The van der Waals surface area contributed by atoms with Crippen LogP contribution in [0.4, 0.5) is 0 Å². The third kappa shape index (κ3) is 3.12. The lowest BCUT2D eigenvalue weighted by molar-refractivity contribution is -0.141. The third-order valence-electron chi connectivity index (χ3n) is 5.71. The van der Waals surface area contributed by atoms with E-state index in [1.807, 2.05) is 39.9 Å². The molecular formula is C20H21N5O2S. The molecule has 0 radical (unpaired) electrons. The summed E-state index contributed by atoms with van der Waals surface area (Å²) in [6.07, 6.45) is 3.15. The first-order valence-corrected chi connectivity index (χ1v) is 10.3. The Bertz CT molecular complexity index is 966. The van der Waals surface area contributed by atoms with Crippen LogP contribution in [-0.2, 0) is 11.2 Å². The molecule has 0 N–H and O–H groups in total. The zero-order chi connectivity index (χ0) is 19.1. The van der Waals surface area contributed by atoms with Gasteiger partial charge in [0.25, 0.3) is 5.89 Å². The summed E-state index contributed by atoms with van der Waals surface area (Å²) in [7, 11) is 2.09. The van der Waals surface area contributed by atoms with E-state index in [1.54, 1.807) is 17.5 Å². The molecule has 2 aliphatic rings. The lowest BCUT2D eigenvalue weighted by Gasteiger charge is -2.48. The molecule has 1 amide bonds. The van der Waals surface area contributed by atoms with Gasteiger partial charge in [0.2, 0.25) is 5.91 Å². The quantitative estimate of drug-likeness (QED) is 0.676. The van der Waals surface area contributed by atoms with Crippen LogP contribution in [0.15, 0.2) is 45.7 Å². The average molecular weight is 395 g/mol. The molecule has 0 bridgehead atoms. The van der Waals surface area contributed by atoms with Crippen LogP contribution in [0.5, 0.6) is 0 Å². The molecule has 3 aromatic heterocycles. The summed E-state index contributed by atoms with van der Waals surface area (Å²) in [4.78, 5) is 25.6. The van der Waals surface area contributed by atoms with Crippen LogP contribution in [0.2, 0.25) is 0 Å². The third-order valence-corrected chi connectivity index (χ3v) is 6.44. The number of thiophene rings is 1. The number of carbonyl (C=O) groups excluding carboxylic acids is 1. The van der Waals surface area contributed by atoms with E-state index in [0.717, 1.165) is 31.6 Å². The van der Waals surface area contributed by atoms with Crippen molar-refractivity contribution in [3.63, 3.8) is 0 Å². The number of carbonyl (C=O) groups is 1. The molecule has 5 rings (SSSR count). The lowest BCUT2D eigenvalue weighted by Crippen LogP contribution is -2.59. The molecule has 2 aliphatic heterocycles. The predicted octanol–water partition coefficient (Wildman–Crippen LogP) is 2.64.